The van der Waals surface area contributed by atoms with E-state index in [-0.39, 0.29) is 10.7 Å². The topological polar surface area (TPSA) is 67.9 Å². The van der Waals surface area contributed by atoms with Crippen molar-refractivity contribution in [2.24, 2.45) is 0 Å². The Bertz CT molecular complexity index is 1320. The molecule has 0 aliphatic carbocycles. The highest BCUT2D eigenvalue weighted by atomic mass is 127. The van der Waals surface area contributed by atoms with Gasteiger partial charge in [0, 0.05) is 0 Å². The normalized spacial score (nSPS) is 14.7. The third-order valence-electron chi connectivity index (χ3n) is 5.57. The average Bonchev–Trinajstić information content (AvgIpc) is 2.87. The Morgan fingerprint density at radius 3 is 2.36 bits per heavy atom. The SMILES string of the molecule is CCOc1cc(/C=C2\C(=O)NC(=S)N(c3ccc(CC)cc3)C2=O)cc(I)c1OCc1ccccc1. The molecule has 0 unspecified atom stereocenters. The first-order valence-corrected chi connectivity index (χ1v) is 13.0. The van der Waals surface area contributed by atoms with Crippen molar-refractivity contribution in [2.45, 2.75) is 26.9 Å². The Morgan fingerprint density at radius 2 is 1.69 bits per heavy atom. The molecule has 36 heavy (non-hydrogen) atoms. The van der Waals surface area contributed by atoms with Gasteiger partial charge in [0.1, 0.15) is 12.2 Å². The summed E-state index contributed by atoms with van der Waals surface area (Å²) in [6.07, 6.45) is 2.44. The van der Waals surface area contributed by atoms with Gasteiger partial charge in [-0.3, -0.25) is 19.8 Å². The molecule has 6 nitrogen and oxygen atoms in total. The number of ether oxygens (including phenoxy) is 2. The van der Waals surface area contributed by atoms with Crippen molar-refractivity contribution in [3.8, 4) is 11.5 Å². The Balaban J connectivity index is 1.65. The van der Waals surface area contributed by atoms with Crippen LogP contribution in [0.3, 0.4) is 0 Å². The van der Waals surface area contributed by atoms with Crippen molar-refractivity contribution in [2.75, 3.05) is 11.5 Å². The molecule has 1 saturated heterocycles. The number of anilines is 1. The lowest BCUT2D eigenvalue weighted by Crippen LogP contribution is -2.54. The smallest absolute Gasteiger partial charge is 0.270 e. The molecule has 0 spiro atoms. The molecule has 3 aromatic rings. The number of hydrogen-bond donors (Lipinski definition) is 1. The van der Waals surface area contributed by atoms with E-state index < -0.39 is 11.8 Å². The molecule has 8 heteroatoms. The van der Waals surface area contributed by atoms with Crippen LogP contribution in [0.2, 0.25) is 0 Å². The molecule has 3 aromatic carbocycles. The highest BCUT2D eigenvalue weighted by Gasteiger charge is 2.34. The zero-order valence-electron chi connectivity index (χ0n) is 19.9. The molecular weight excluding hydrogens is 587 g/mol. The summed E-state index contributed by atoms with van der Waals surface area (Å²) in [5.41, 5.74) is 3.40. The zero-order valence-corrected chi connectivity index (χ0v) is 22.9. The molecule has 1 N–H and O–H groups in total. The minimum Gasteiger partial charge on any atom is -0.490 e. The van der Waals surface area contributed by atoms with Crippen molar-refractivity contribution in [3.05, 3.63) is 92.6 Å². The number of carbonyl (C=O) groups excluding carboxylic acids is 2. The zero-order chi connectivity index (χ0) is 25.7. The van der Waals surface area contributed by atoms with Gasteiger partial charge in [-0.1, -0.05) is 49.4 Å². The third kappa shape index (κ3) is 5.76. The van der Waals surface area contributed by atoms with E-state index in [0.717, 1.165) is 21.1 Å². The predicted molar refractivity (Wildman–Crippen MR) is 153 cm³/mol. The molecule has 0 aromatic heterocycles. The van der Waals surface area contributed by atoms with Crippen LogP contribution in [0, 0.1) is 3.57 Å². The van der Waals surface area contributed by atoms with Crippen LogP contribution in [-0.2, 0) is 22.6 Å². The third-order valence-corrected chi connectivity index (χ3v) is 6.66. The quantitative estimate of drug-likeness (QED) is 0.154. The molecule has 0 saturated carbocycles. The van der Waals surface area contributed by atoms with Crippen molar-refractivity contribution in [1.29, 1.82) is 0 Å². The van der Waals surface area contributed by atoms with Gasteiger partial charge in [-0.05, 0) is 95.2 Å². The summed E-state index contributed by atoms with van der Waals surface area (Å²) in [6.45, 7) is 4.77. The second-order valence-corrected chi connectivity index (χ2v) is 9.56. The fourth-order valence-electron chi connectivity index (χ4n) is 3.74. The highest BCUT2D eigenvalue weighted by molar-refractivity contribution is 14.1. The predicted octanol–water partition coefficient (Wildman–Crippen LogP) is 5.66. The maximum atomic E-state index is 13.4. The van der Waals surface area contributed by atoms with Crippen LogP contribution in [0.1, 0.15) is 30.5 Å². The molecule has 1 fully saturated rings. The molecule has 1 heterocycles. The minimum atomic E-state index is -0.538. The number of nitrogens with zero attached hydrogens (tertiary/aromatic N) is 1. The van der Waals surface area contributed by atoms with Gasteiger partial charge >= 0.3 is 0 Å². The van der Waals surface area contributed by atoms with Crippen LogP contribution in [0.25, 0.3) is 6.08 Å². The molecule has 1 aliphatic heterocycles. The van der Waals surface area contributed by atoms with Crippen LogP contribution in [0.15, 0.2) is 72.3 Å². The molecule has 0 atom stereocenters. The van der Waals surface area contributed by atoms with Gasteiger partial charge in [0.05, 0.1) is 15.9 Å². The fourth-order valence-corrected chi connectivity index (χ4v) is 4.81. The van der Waals surface area contributed by atoms with E-state index in [4.69, 9.17) is 21.7 Å². The van der Waals surface area contributed by atoms with Gasteiger partial charge in [0.25, 0.3) is 11.8 Å². The van der Waals surface area contributed by atoms with Crippen molar-refractivity contribution < 1.29 is 19.1 Å². The van der Waals surface area contributed by atoms with Crippen molar-refractivity contribution >= 4 is 63.5 Å². The van der Waals surface area contributed by atoms with E-state index >= 15 is 0 Å². The van der Waals surface area contributed by atoms with Crippen molar-refractivity contribution in [1.82, 2.24) is 5.32 Å². The summed E-state index contributed by atoms with van der Waals surface area (Å²) >= 11 is 7.48. The minimum absolute atomic E-state index is 0.0145. The number of carbonyl (C=O) groups is 2. The lowest BCUT2D eigenvalue weighted by Gasteiger charge is -2.29. The number of nitrogens with one attached hydrogen (secondary N) is 1. The van der Waals surface area contributed by atoms with E-state index in [1.165, 1.54) is 4.90 Å². The molecule has 4 rings (SSSR count). The number of rotatable bonds is 8. The number of benzene rings is 3. The lowest BCUT2D eigenvalue weighted by atomic mass is 10.1. The summed E-state index contributed by atoms with van der Waals surface area (Å²) in [4.78, 5) is 27.5. The standard InChI is InChI=1S/C28H25IN2O4S/c1-3-18-10-12-21(13-11-18)31-27(33)22(26(32)30-28(31)36)14-20-15-23(29)25(24(16-20)34-4-2)35-17-19-8-6-5-7-9-19/h5-16H,3-4,17H2,1-2H3,(H,30,32,36)/b22-14+. The van der Waals surface area contributed by atoms with Gasteiger partial charge < -0.3 is 9.47 Å². The summed E-state index contributed by atoms with van der Waals surface area (Å²) < 4.78 is 12.7. The molecule has 2 amide bonds. The summed E-state index contributed by atoms with van der Waals surface area (Å²) in [5.74, 6) is 0.134. The molecule has 0 bridgehead atoms. The molecule has 0 radical (unpaired) electrons. The number of aryl methyl sites for hydroxylation is 1. The lowest BCUT2D eigenvalue weighted by molar-refractivity contribution is -0.122. The van der Waals surface area contributed by atoms with Crippen LogP contribution in [-0.4, -0.2) is 23.5 Å². The van der Waals surface area contributed by atoms with Gasteiger partial charge in [-0.15, -0.1) is 0 Å². The Morgan fingerprint density at radius 1 is 0.972 bits per heavy atom. The van der Waals surface area contributed by atoms with Crippen LogP contribution in [0.5, 0.6) is 11.5 Å². The average molecular weight is 612 g/mol. The number of hydrogen-bond acceptors (Lipinski definition) is 5. The van der Waals surface area contributed by atoms with Gasteiger partial charge in [-0.2, -0.15) is 0 Å². The van der Waals surface area contributed by atoms with Gasteiger partial charge in [0.15, 0.2) is 16.6 Å². The Labute approximate surface area is 229 Å². The number of amides is 2. The maximum Gasteiger partial charge on any atom is 0.270 e. The first-order valence-electron chi connectivity index (χ1n) is 11.5. The van der Waals surface area contributed by atoms with E-state index in [1.807, 2.05) is 67.6 Å². The van der Waals surface area contributed by atoms with E-state index in [1.54, 1.807) is 12.1 Å². The monoisotopic (exact) mass is 612 g/mol. The van der Waals surface area contributed by atoms with E-state index in [9.17, 15) is 9.59 Å². The summed E-state index contributed by atoms with van der Waals surface area (Å²) in [7, 11) is 0. The molecular formula is C28H25IN2O4S. The van der Waals surface area contributed by atoms with Crippen LogP contribution in [0.4, 0.5) is 5.69 Å². The highest BCUT2D eigenvalue weighted by Crippen LogP contribution is 2.36. The summed E-state index contributed by atoms with van der Waals surface area (Å²) in [6, 6.07) is 21.0. The van der Waals surface area contributed by atoms with E-state index in [2.05, 4.69) is 34.8 Å². The second kappa shape index (κ2) is 11.7. The Kier molecular flexibility index (Phi) is 8.37. The largest absolute Gasteiger partial charge is 0.490 e. The first kappa shape index (κ1) is 25.8. The van der Waals surface area contributed by atoms with Crippen molar-refractivity contribution in [3.63, 3.8) is 0 Å². The molecule has 184 valence electrons. The van der Waals surface area contributed by atoms with Crippen LogP contribution < -0.4 is 19.7 Å². The van der Waals surface area contributed by atoms with Gasteiger partial charge in [-0.25, -0.2) is 0 Å². The fraction of sp³-hybridized carbons (Fsp3) is 0.179. The number of thiocarbonyl (C=S) groups is 1. The second-order valence-electron chi connectivity index (χ2n) is 8.02. The van der Waals surface area contributed by atoms with Gasteiger partial charge in [0.2, 0.25) is 0 Å². The number of halogens is 1. The van der Waals surface area contributed by atoms with E-state index in [0.29, 0.717) is 36.0 Å². The maximum absolute atomic E-state index is 13.4. The Hall–Kier alpha value is -3.24. The summed E-state index contributed by atoms with van der Waals surface area (Å²) in [5, 5.41) is 2.69. The molecule has 1 aliphatic rings. The first-order chi connectivity index (χ1) is 17.4. The van der Waals surface area contributed by atoms with Crippen LogP contribution >= 0.6 is 34.8 Å².